The quantitative estimate of drug-likeness (QED) is 0.840. The fourth-order valence-corrected chi connectivity index (χ4v) is 3.20. The Morgan fingerprint density at radius 3 is 2.36 bits per heavy atom. The average Bonchev–Trinajstić information content (AvgIpc) is 2.42. The topological polar surface area (TPSA) is 61.8 Å². The lowest BCUT2D eigenvalue weighted by Crippen LogP contribution is -2.60. The predicted octanol–water partition coefficient (Wildman–Crippen LogP) is 2.38. The van der Waals surface area contributed by atoms with Gasteiger partial charge in [-0.3, -0.25) is 0 Å². The number of aliphatic hydroxyl groups excluding tert-OH is 1. The van der Waals surface area contributed by atoms with Crippen molar-refractivity contribution in [1.29, 1.82) is 0 Å². The Hall–Kier alpha value is -0.810. The van der Waals surface area contributed by atoms with Gasteiger partial charge in [0.1, 0.15) is 5.60 Å². The van der Waals surface area contributed by atoms with Gasteiger partial charge < -0.3 is 20.1 Å². The van der Waals surface area contributed by atoms with Gasteiger partial charge in [0.2, 0.25) is 0 Å². The Labute approximate surface area is 134 Å². The van der Waals surface area contributed by atoms with Gasteiger partial charge in [0, 0.05) is 24.5 Å². The van der Waals surface area contributed by atoms with Gasteiger partial charge in [0.05, 0.1) is 6.10 Å². The maximum absolute atomic E-state index is 12.0. The molecule has 1 amide bonds. The van der Waals surface area contributed by atoms with Crippen molar-refractivity contribution < 1.29 is 14.6 Å². The summed E-state index contributed by atoms with van der Waals surface area (Å²) in [7, 11) is 0. The van der Waals surface area contributed by atoms with Crippen LogP contribution in [-0.4, -0.2) is 53.5 Å². The van der Waals surface area contributed by atoms with Crippen LogP contribution in [0.4, 0.5) is 4.79 Å². The first-order valence-corrected chi connectivity index (χ1v) is 8.49. The van der Waals surface area contributed by atoms with Gasteiger partial charge in [0.25, 0.3) is 0 Å². The van der Waals surface area contributed by atoms with Crippen molar-refractivity contribution in [3.8, 4) is 0 Å². The zero-order chi connectivity index (χ0) is 16.5. The number of ether oxygens (including phenoxy) is 1. The molecule has 2 atom stereocenters. The van der Waals surface area contributed by atoms with Crippen LogP contribution in [0.5, 0.6) is 0 Å². The summed E-state index contributed by atoms with van der Waals surface area (Å²) in [6.07, 6.45) is 2.51. The summed E-state index contributed by atoms with van der Waals surface area (Å²) < 4.78 is 5.42. The fraction of sp³-hybridized carbons (Fsp3) is 0.941. The van der Waals surface area contributed by atoms with Crippen molar-refractivity contribution >= 4 is 6.09 Å². The molecule has 2 unspecified atom stereocenters. The van der Waals surface area contributed by atoms with E-state index in [9.17, 15) is 9.90 Å². The molecule has 0 aromatic heterocycles. The van der Waals surface area contributed by atoms with E-state index < -0.39 is 5.60 Å². The number of hydrogen-bond acceptors (Lipinski definition) is 4. The summed E-state index contributed by atoms with van der Waals surface area (Å²) in [6.45, 7) is 12.5. The second-order valence-electron chi connectivity index (χ2n) is 8.44. The Morgan fingerprint density at radius 1 is 1.32 bits per heavy atom. The molecule has 22 heavy (non-hydrogen) atoms. The SMILES string of the molecule is CC(C)(C)OC(=O)N1CCC(CNC2CC(O)C2(C)C)CC1. The minimum Gasteiger partial charge on any atom is -0.444 e. The third-order valence-electron chi connectivity index (χ3n) is 5.14. The van der Waals surface area contributed by atoms with Crippen LogP contribution in [-0.2, 0) is 4.74 Å². The highest BCUT2D eigenvalue weighted by atomic mass is 16.6. The van der Waals surface area contributed by atoms with E-state index in [-0.39, 0.29) is 17.6 Å². The molecule has 1 aliphatic heterocycles. The maximum Gasteiger partial charge on any atom is 0.410 e. The van der Waals surface area contributed by atoms with Crippen molar-refractivity contribution in [2.75, 3.05) is 19.6 Å². The molecule has 0 radical (unpaired) electrons. The number of aliphatic hydroxyl groups is 1. The smallest absolute Gasteiger partial charge is 0.410 e. The van der Waals surface area contributed by atoms with Crippen molar-refractivity contribution in [1.82, 2.24) is 10.2 Å². The summed E-state index contributed by atoms with van der Waals surface area (Å²) in [5.41, 5.74) is -0.441. The molecule has 5 heteroatoms. The summed E-state index contributed by atoms with van der Waals surface area (Å²) in [5.74, 6) is 0.604. The standard InChI is InChI=1S/C17H32N2O3/c1-16(2,3)22-15(21)19-8-6-12(7-9-19)11-18-13-10-14(20)17(13,4)5/h12-14,18,20H,6-11H2,1-5H3. The molecule has 1 heterocycles. The number of nitrogens with one attached hydrogen (secondary N) is 1. The summed E-state index contributed by atoms with van der Waals surface area (Å²) in [5, 5.41) is 13.4. The lowest BCUT2D eigenvalue weighted by molar-refractivity contribution is -0.0738. The van der Waals surface area contributed by atoms with Crippen LogP contribution in [0.3, 0.4) is 0 Å². The molecule has 128 valence electrons. The molecule has 0 bridgehead atoms. The highest BCUT2D eigenvalue weighted by molar-refractivity contribution is 5.68. The van der Waals surface area contributed by atoms with Crippen molar-refractivity contribution in [2.45, 2.75) is 71.6 Å². The minimum absolute atomic E-state index is 0.0167. The van der Waals surface area contributed by atoms with Crippen molar-refractivity contribution in [3.05, 3.63) is 0 Å². The molecule has 0 spiro atoms. The number of carbonyl (C=O) groups is 1. The molecule has 1 aliphatic carbocycles. The second kappa shape index (κ2) is 6.36. The van der Waals surface area contributed by atoms with E-state index in [0.29, 0.717) is 12.0 Å². The van der Waals surface area contributed by atoms with E-state index in [4.69, 9.17) is 4.74 Å². The molecule has 1 saturated heterocycles. The van der Waals surface area contributed by atoms with Crippen molar-refractivity contribution in [3.63, 3.8) is 0 Å². The molecule has 1 saturated carbocycles. The minimum atomic E-state index is -0.424. The predicted molar refractivity (Wildman–Crippen MR) is 86.7 cm³/mol. The Morgan fingerprint density at radius 2 is 1.91 bits per heavy atom. The van der Waals surface area contributed by atoms with Crippen LogP contribution in [0.15, 0.2) is 0 Å². The molecule has 5 nitrogen and oxygen atoms in total. The summed E-state index contributed by atoms with van der Waals surface area (Å²) >= 11 is 0. The van der Waals surface area contributed by atoms with E-state index in [1.54, 1.807) is 0 Å². The number of amides is 1. The summed E-state index contributed by atoms with van der Waals surface area (Å²) in [6, 6.07) is 0.409. The second-order valence-corrected chi connectivity index (χ2v) is 8.44. The lowest BCUT2D eigenvalue weighted by atomic mass is 9.64. The zero-order valence-corrected chi connectivity index (χ0v) is 14.7. The first-order chi connectivity index (χ1) is 10.1. The van der Waals surface area contributed by atoms with Crippen LogP contribution < -0.4 is 5.32 Å². The van der Waals surface area contributed by atoms with E-state index in [1.165, 1.54) is 0 Å². The molecule has 2 fully saturated rings. The number of hydrogen-bond donors (Lipinski definition) is 2. The highest BCUT2D eigenvalue weighted by Gasteiger charge is 2.47. The molecule has 2 rings (SSSR count). The Balaban J connectivity index is 1.68. The van der Waals surface area contributed by atoms with Crippen LogP contribution in [0.25, 0.3) is 0 Å². The average molecular weight is 312 g/mol. The largest absolute Gasteiger partial charge is 0.444 e. The number of nitrogens with zero attached hydrogens (tertiary/aromatic N) is 1. The zero-order valence-electron chi connectivity index (χ0n) is 14.7. The van der Waals surface area contributed by atoms with Gasteiger partial charge in [-0.15, -0.1) is 0 Å². The van der Waals surface area contributed by atoms with Crippen LogP contribution >= 0.6 is 0 Å². The van der Waals surface area contributed by atoms with Gasteiger partial charge >= 0.3 is 6.09 Å². The third kappa shape index (κ3) is 4.13. The molecular weight excluding hydrogens is 280 g/mol. The first kappa shape index (κ1) is 17.5. The molecule has 2 N–H and O–H groups in total. The molecule has 0 aromatic carbocycles. The number of carbonyl (C=O) groups excluding carboxylic acids is 1. The number of piperidine rings is 1. The normalized spacial score (nSPS) is 29.1. The monoisotopic (exact) mass is 312 g/mol. The fourth-order valence-electron chi connectivity index (χ4n) is 3.20. The van der Waals surface area contributed by atoms with Gasteiger partial charge in [-0.25, -0.2) is 4.79 Å². The molecular formula is C17H32N2O3. The summed E-state index contributed by atoms with van der Waals surface area (Å²) in [4.78, 5) is 13.8. The van der Waals surface area contributed by atoms with Gasteiger partial charge in [-0.2, -0.15) is 0 Å². The van der Waals surface area contributed by atoms with E-state index >= 15 is 0 Å². The van der Waals surface area contributed by atoms with Crippen LogP contribution in [0.1, 0.15) is 53.9 Å². The van der Waals surface area contributed by atoms with Gasteiger partial charge in [0.15, 0.2) is 0 Å². The van der Waals surface area contributed by atoms with Crippen LogP contribution in [0.2, 0.25) is 0 Å². The molecule has 2 aliphatic rings. The van der Waals surface area contributed by atoms with E-state index in [2.05, 4.69) is 19.2 Å². The van der Waals surface area contributed by atoms with Crippen molar-refractivity contribution in [2.24, 2.45) is 11.3 Å². The highest BCUT2D eigenvalue weighted by Crippen LogP contribution is 2.40. The van der Waals surface area contributed by atoms with Gasteiger partial charge in [-0.1, -0.05) is 13.8 Å². The Kier molecular flexibility index (Phi) is 5.07. The third-order valence-corrected chi connectivity index (χ3v) is 5.14. The first-order valence-electron chi connectivity index (χ1n) is 8.49. The number of rotatable bonds is 3. The Bertz CT molecular complexity index is 395. The number of likely N-dealkylation sites (tertiary alicyclic amines) is 1. The van der Waals surface area contributed by atoms with Crippen LogP contribution in [0, 0.1) is 11.3 Å². The maximum atomic E-state index is 12.0. The molecule has 0 aromatic rings. The lowest BCUT2D eigenvalue weighted by Gasteiger charge is -2.50. The van der Waals surface area contributed by atoms with E-state index in [0.717, 1.165) is 38.9 Å². The van der Waals surface area contributed by atoms with Gasteiger partial charge in [-0.05, 0) is 52.5 Å². The van der Waals surface area contributed by atoms with E-state index in [1.807, 2.05) is 25.7 Å².